The van der Waals surface area contributed by atoms with Gasteiger partial charge in [0.15, 0.2) is 5.11 Å². The summed E-state index contributed by atoms with van der Waals surface area (Å²) in [5, 5.41) is 15.7. The Bertz CT molecular complexity index is 638. The van der Waals surface area contributed by atoms with Crippen LogP contribution in [0.3, 0.4) is 0 Å². The van der Waals surface area contributed by atoms with E-state index in [2.05, 4.69) is 10.6 Å². The lowest BCUT2D eigenvalue weighted by Crippen LogP contribution is -2.34. The summed E-state index contributed by atoms with van der Waals surface area (Å²) >= 11 is 10.8. The van der Waals surface area contributed by atoms with E-state index in [1.807, 2.05) is 0 Å². The van der Waals surface area contributed by atoms with Crippen molar-refractivity contribution < 1.29 is 19.2 Å². The molecule has 124 valence electrons. The standard InChI is InChI=1S/C13H14ClN3O5S/c1-2-22-12(19)6-5-11(18)16-13(23)15-10-4-3-8(17(20)21)7-9(10)14/h3-4,7H,2,5-6H2,1H3,(H2,15,16,18,23). The number of hydrogen-bond donors (Lipinski definition) is 2. The summed E-state index contributed by atoms with van der Waals surface area (Å²) in [6.45, 7) is 1.92. The van der Waals surface area contributed by atoms with E-state index in [-0.39, 0.29) is 35.3 Å². The molecule has 0 saturated carbocycles. The number of amides is 1. The molecule has 1 amide bonds. The van der Waals surface area contributed by atoms with Gasteiger partial charge < -0.3 is 15.4 Å². The van der Waals surface area contributed by atoms with Gasteiger partial charge in [-0.3, -0.25) is 19.7 Å². The van der Waals surface area contributed by atoms with E-state index in [9.17, 15) is 19.7 Å². The third-order valence-corrected chi connectivity index (χ3v) is 3.04. The molecule has 0 fully saturated rings. The number of rotatable bonds is 6. The molecule has 0 heterocycles. The molecule has 0 aliphatic carbocycles. The van der Waals surface area contributed by atoms with Crippen LogP contribution >= 0.6 is 23.8 Å². The largest absolute Gasteiger partial charge is 0.466 e. The average molecular weight is 360 g/mol. The minimum absolute atomic E-state index is 0.0328. The summed E-state index contributed by atoms with van der Waals surface area (Å²) < 4.78 is 4.70. The summed E-state index contributed by atoms with van der Waals surface area (Å²) in [4.78, 5) is 32.8. The Labute approximate surface area is 142 Å². The van der Waals surface area contributed by atoms with Crippen molar-refractivity contribution in [3.63, 3.8) is 0 Å². The van der Waals surface area contributed by atoms with Gasteiger partial charge in [0.05, 0.1) is 28.7 Å². The van der Waals surface area contributed by atoms with Gasteiger partial charge in [0, 0.05) is 18.6 Å². The molecule has 1 aromatic carbocycles. The van der Waals surface area contributed by atoms with Crippen LogP contribution in [0.25, 0.3) is 0 Å². The Balaban J connectivity index is 2.52. The molecule has 0 saturated heterocycles. The minimum atomic E-state index is -0.578. The lowest BCUT2D eigenvalue weighted by Gasteiger charge is -2.10. The number of carbonyl (C=O) groups excluding carboxylic acids is 2. The zero-order valence-corrected chi connectivity index (χ0v) is 13.7. The Morgan fingerprint density at radius 1 is 1.39 bits per heavy atom. The van der Waals surface area contributed by atoms with E-state index in [0.717, 1.165) is 6.07 Å². The van der Waals surface area contributed by atoms with E-state index < -0.39 is 16.8 Å². The summed E-state index contributed by atoms with van der Waals surface area (Å²) in [5.41, 5.74) is 0.151. The lowest BCUT2D eigenvalue weighted by atomic mass is 10.3. The Morgan fingerprint density at radius 3 is 2.65 bits per heavy atom. The number of anilines is 1. The first-order valence-corrected chi connectivity index (χ1v) is 7.32. The number of carbonyl (C=O) groups is 2. The molecule has 23 heavy (non-hydrogen) atoms. The van der Waals surface area contributed by atoms with Crippen molar-refractivity contribution in [2.75, 3.05) is 11.9 Å². The third kappa shape index (κ3) is 6.57. The van der Waals surface area contributed by atoms with Crippen LogP contribution < -0.4 is 10.6 Å². The maximum absolute atomic E-state index is 11.6. The van der Waals surface area contributed by atoms with Crippen LogP contribution in [0.1, 0.15) is 19.8 Å². The first-order valence-electron chi connectivity index (χ1n) is 6.54. The molecule has 0 atom stereocenters. The molecule has 0 aromatic heterocycles. The van der Waals surface area contributed by atoms with Crippen molar-refractivity contribution in [3.05, 3.63) is 33.3 Å². The van der Waals surface area contributed by atoms with Gasteiger partial charge in [0.2, 0.25) is 5.91 Å². The number of nitrogens with zero attached hydrogens (tertiary/aromatic N) is 1. The number of benzene rings is 1. The van der Waals surface area contributed by atoms with Crippen molar-refractivity contribution >= 4 is 52.2 Å². The van der Waals surface area contributed by atoms with Crippen LogP contribution in [0.2, 0.25) is 5.02 Å². The van der Waals surface area contributed by atoms with Crippen molar-refractivity contribution in [3.8, 4) is 0 Å². The lowest BCUT2D eigenvalue weighted by molar-refractivity contribution is -0.384. The van der Waals surface area contributed by atoms with E-state index in [1.165, 1.54) is 12.1 Å². The quantitative estimate of drug-likeness (QED) is 0.347. The van der Waals surface area contributed by atoms with Gasteiger partial charge in [-0.05, 0) is 25.2 Å². The number of halogens is 1. The predicted molar refractivity (Wildman–Crippen MR) is 88.3 cm³/mol. The fourth-order valence-electron chi connectivity index (χ4n) is 1.51. The summed E-state index contributed by atoms with van der Waals surface area (Å²) in [6.07, 6.45) is -0.130. The van der Waals surface area contributed by atoms with E-state index in [4.69, 9.17) is 28.6 Å². The van der Waals surface area contributed by atoms with Gasteiger partial charge in [-0.15, -0.1) is 0 Å². The summed E-state index contributed by atoms with van der Waals surface area (Å²) in [7, 11) is 0. The molecule has 2 N–H and O–H groups in total. The topological polar surface area (TPSA) is 111 Å². The summed E-state index contributed by atoms with van der Waals surface area (Å²) in [5.74, 6) is -0.937. The molecular formula is C13H14ClN3O5S. The van der Waals surface area contributed by atoms with E-state index in [0.29, 0.717) is 5.69 Å². The molecule has 0 bridgehead atoms. The van der Waals surface area contributed by atoms with Crippen molar-refractivity contribution in [2.24, 2.45) is 0 Å². The fourth-order valence-corrected chi connectivity index (χ4v) is 1.96. The molecule has 0 aliphatic rings. The van der Waals surface area contributed by atoms with Crippen molar-refractivity contribution in [2.45, 2.75) is 19.8 Å². The monoisotopic (exact) mass is 359 g/mol. The molecule has 0 unspecified atom stereocenters. The highest BCUT2D eigenvalue weighted by Gasteiger charge is 2.12. The van der Waals surface area contributed by atoms with Gasteiger partial charge in [-0.2, -0.15) is 0 Å². The zero-order valence-electron chi connectivity index (χ0n) is 12.1. The molecular weight excluding hydrogens is 346 g/mol. The average Bonchev–Trinajstić information content (AvgIpc) is 2.47. The number of non-ortho nitro benzene ring substituents is 1. The summed E-state index contributed by atoms with van der Waals surface area (Å²) in [6, 6.07) is 3.78. The minimum Gasteiger partial charge on any atom is -0.466 e. The normalized spacial score (nSPS) is 9.83. The highest BCUT2D eigenvalue weighted by atomic mass is 35.5. The number of esters is 1. The molecule has 8 nitrogen and oxygen atoms in total. The Kier molecular flexibility index (Phi) is 7.36. The Morgan fingerprint density at radius 2 is 2.09 bits per heavy atom. The van der Waals surface area contributed by atoms with Crippen LogP contribution in [-0.4, -0.2) is 28.5 Å². The number of ether oxygens (including phenoxy) is 1. The van der Waals surface area contributed by atoms with Gasteiger partial charge in [0.25, 0.3) is 5.69 Å². The van der Waals surface area contributed by atoms with E-state index in [1.54, 1.807) is 6.92 Å². The highest BCUT2D eigenvalue weighted by molar-refractivity contribution is 7.80. The second kappa shape index (κ2) is 9.01. The fraction of sp³-hybridized carbons (Fsp3) is 0.308. The van der Waals surface area contributed by atoms with Crippen molar-refractivity contribution in [1.82, 2.24) is 5.32 Å². The van der Waals surface area contributed by atoms with Crippen LogP contribution in [0.15, 0.2) is 18.2 Å². The number of hydrogen-bond acceptors (Lipinski definition) is 6. The van der Waals surface area contributed by atoms with Gasteiger partial charge in [0.1, 0.15) is 0 Å². The third-order valence-electron chi connectivity index (χ3n) is 2.53. The van der Waals surface area contributed by atoms with Crippen LogP contribution in [0.4, 0.5) is 11.4 Å². The second-order valence-electron chi connectivity index (χ2n) is 4.23. The van der Waals surface area contributed by atoms with Gasteiger partial charge in [-0.25, -0.2) is 0 Å². The smallest absolute Gasteiger partial charge is 0.306 e. The SMILES string of the molecule is CCOC(=O)CCC(=O)NC(=S)Nc1ccc([N+](=O)[O-])cc1Cl. The number of thiocarbonyl (C=S) groups is 1. The second-order valence-corrected chi connectivity index (χ2v) is 5.04. The van der Waals surface area contributed by atoms with Crippen LogP contribution in [0, 0.1) is 10.1 Å². The zero-order chi connectivity index (χ0) is 17.4. The first kappa shape index (κ1) is 18.8. The van der Waals surface area contributed by atoms with Crippen LogP contribution in [-0.2, 0) is 14.3 Å². The maximum atomic E-state index is 11.6. The number of nitro groups is 1. The molecule has 0 spiro atoms. The molecule has 0 aliphatic heterocycles. The molecule has 1 rings (SSSR count). The number of nitro benzene ring substituents is 1. The maximum Gasteiger partial charge on any atom is 0.306 e. The van der Waals surface area contributed by atoms with E-state index >= 15 is 0 Å². The number of nitrogens with one attached hydrogen (secondary N) is 2. The first-order chi connectivity index (χ1) is 10.8. The molecule has 10 heteroatoms. The predicted octanol–water partition coefficient (Wildman–Crippen LogP) is 2.40. The highest BCUT2D eigenvalue weighted by Crippen LogP contribution is 2.26. The van der Waals surface area contributed by atoms with Gasteiger partial charge >= 0.3 is 5.97 Å². The Hall–Kier alpha value is -2.26. The van der Waals surface area contributed by atoms with Crippen LogP contribution in [0.5, 0.6) is 0 Å². The molecule has 0 radical (unpaired) electrons. The van der Waals surface area contributed by atoms with Crippen molar-refractivity contribution in [1.29, 1.82) is 0 Å². The van der Waals surface area contributed by atoms with Gasteiger partial charge in [-0.1, -0.05) is 11.6 Å². The molecule has 1 aromatic rings.